The van der Waals surface area contributed by atoms with Gasteiger partial charge in [-0.1, -0.05) is 33.6 Å². The van der Waals surface area contributed by atoms with Crippen molar-refractivity contribution in [3.8, 4) is 0 Å². The van der Waals surface area contributed by atoms with Gasteiger partial charge in [0.25, 0.3) is 0 Å². The molecule has 0 radical (unpaired) electrons. The van der Waals surface area contributed by atoms with E-state index in [9.17, 15) is 0 Å². The first kappa shape index (κ1) is 14.8. The van der Waals surface area contributed by atoms with E-state index in [1.165, 1.54) is 58.0 Å². The Balaban J connectivity index is 1.69. The summed E-state index contributed by atoms with van der Waals surface area (Å²) < 4.78 is 0. The minimum Gasteiger partial charge on any atom is -0.329 e. The minimum absolute atomic E-state index is 0.353. The highest BCUT2D eigenvalue weighted by molar-refractivity contribution is 5.02. The lowest BCUT2D eigenvalue weighted by molar-refractivity contribution is 0.0420. The average molecular weight is 278 g/mol. The summed E-state index contributed by atoms with van der Waals surface area (Å²) in [7, 11) is 0. The van der Waals surface area contributed by atoms with Crippen LogP contribution in [0.3, 0.4) is 0 Å². The fraction of sp³-hybridized carbons (Fsp3) is 1.00. The summed E-state index contributed by atoms with van der Waals surface area (Å²) in [6.07, 6.45) is 10.00. The van der Waals surface area contributed by atoms with Gasteiger partial charge in [0.05, 0.1) is 0 Å². The molecule has 1 saturated heterocycles. The van der Waals surface area contributed by atoms with Crippen LogP contribution in [-0.2, 0) is 0 Å². The van der Waals surface area contributed by atoms with E-state index in [1.54, 1.807) is 0 Å². The monoisotopic (exact) mass is 278 g/mol. The number of likely N-dealkylation sites (tertiary alicyclic amines) is 1. The summed E-state index contributed by atoms with van der Waals surface area (Å²) >= 11 is 0. The molecule has 0 aromatic rings. The number of nitrogens with two attached hydrogens (primary N) is 1. The van der Waals surface area contributed by atoms with Gasteiger partial charge in [0.1, 0.15) is 0 Å². The first-order chi connectivity index (χ1) is 9.44. The Labute approximate surface area is 125 Å². The van der Waals surface area contributed by atoms with Crippen LogP contribution in [0.2, 0.25) is 0 Å². The van der Waals surface area contributed by atoms with Gasteiger partial charge in [-0.3, -0.25) is 4.90 Å². The second-order valence-corrected chi connectivity index (χ2v) is 8.92. The largest absolute Gasteiger partial charge is 0.329 e. The van der Waals surface area contributed by atoms with Crippen LogP contribution in [0.15, 0.2) is 0 Å². The molecule has 20 heavy (non-hydrogen) atoms. The van der Waals surface area contributed by atoms with Gasteiger partial charge < -0.3 is 5.73 Å². The van der Waals surface area contributed by atoms with Gasteiger partial charge in [-0.25, -0.2) is 0 Å². The number of hydrogen-bond donors (Lipinski definition) is 1. The van der Waals surface area contributed by atoms with Crippen molar-refractivity contribution in [2.24, 2.45) is 28.9 Å². The fourth-order valence-corrected chi connectivity index (χ4v) is 4.86. The molecule has 2 saturated carbocycles. The molecule has 0 bridgehead atoms. The summed E-state index contributed by atoms with van der Waals surface area (Å²) in [6.45, 7) is 10.7. The zero-order chi connectivity index (χ0) is 14.4. The van der Waals surface area contributed by atoms with Gasteiger partial charge in [0.15, 0.2) is 0 Å². The summed E-state index contributed by atoms with van der Waals surface area (Å²) in [4.78, 5) is 2.80. The van der Waals surface area contributed by atoms with Gasteiger partial charge in [0, 0.05) is 18.6 Å². The first-order valence-corrected chi connectivity index (χ1v) is 8.90. The molecule has 0 aromatic carbocycles. The maximum atomic E-state index is 6.31. The summed E-state index contributed by atoms with van der Waals surface area (Å²) in [5.41, 5.74) is 7.12. The quantitative estimate of drug-likeness (QED) is 0.854. The Morgan fingerprint density at radius 1 is 1.10 bits per heavy atom. The third-order valence-electron chi connectivity index (χ3n) is 6.61. The molecule has 2 aliphatic carbocycles. The van der Waals surface area contributed by atoms with Crippen molar-refractivity contribution in [1.82, 2.24) is 4.90 Å². The van der Waals surface area contributed by atoms with E-state index >= 15 is 0 Å². The van der Waals surface area contributed by atoms with E-state index < -0.39 is 0 Å². The second-order valence-electron chi connectivity index (χ2n) is 8.92. The molecule has 2 heteroatoms. The van der Waals surface area contributed by atoms with Crippen molar-refractivity contribution in [2.75, 3.05) is 19.6 Å². The Morgan fingerprint density at radius 2 is 1.85 bits per heavy atom. The Morgan fingerprint density at radius 3 is 2.40 bits per heavy atom. The SMILES string of the molecule is CC(C)(C)C1CCN(C2(CN)CCCC(C3CC3)C2)C1. The maximum Gasteiger partial charge on any atom is 0.0334 e. The average Bonchev–Trinajstić information content (AvgIpc) is 3.13. The highest BCUT2D eigenvalue weighted by atomic mass is 15.2. The highest BCUT2D eigenvalue weighted by Crippen LogP contribution is 2.49. The first-order valence-electron chi connectivity index (χ1n) is 8.90. The van der Waals surface area contributed by atoms with Crippen LogP contribution < -0.4 is 5.73 Å². The van der Waals surface area contributed by atoms with Crippen LogP contribution in [0.4, 0.5) is 0 Å². The number of hydrogen-bond acceptors (Lipinski definition) is 2. The maximum absolute atomic E-state index is 6.31. The van der Waals surface area contributed by atoms with Crippen molar-refractivity contribution < 1.29 is 0 Å². The smallest absolute Gasteiger partial charge is 0.0334 e. The Bertz CT molecular complexity index is 342. The predicted molar refractivity (Wildman–Crippen MR) is 85.6 cm³/mol. The molecule has 3 aliphatic rings. The fourth-order valence-electron chi connectivity index (χ4n) is 4.86. The van der Waals surface area contributed by atoms with E-state index in [0.29, 0.717) is 11.0 Å². The van der Waals surface area contributed by atoms with E-state index in [0.717, 1.165) is 24.3 Å². The van der Waals surface area contributed by atoms with Crippen LogP contribution in [0, 0.1) is 23.2 Å². The highest BCUT2D eigenvalue weighted by Gasteiger charge is 2.47. The van der Waals surface area contributed by atoms with Crippen molar-refractivity contribution in [3.63, 3.8) is 0 Å². The molecule has 3 rings (SSSR count). The molecule has 2 N–H and O–H groups in total. The van der Waals surface area contributed by atoms with E-state index in [-0.39, 0.29) is 0 Å². The summed E-state index contributed by atoms with van der Waals surface area (Å²) in [6, 6.07) is 0. The zero-order valence-corrected chi connectivity index (χ0v) is 13.8. The Hall–Kier alpha value is -0.0800. The van der Waals surface area contributed by atoms with Crippen molar-refractivity contribution >= 4 is 0 Å². The van der Waals surface area contributed by atoms with Crippen molar-refractivity contribution in [1.29, 1.82) is 0 Å². The Kier molecular flexibility index (Phi) is 3.92. The lowest BCUT2D eigenvalue weighted by atomic mass is 9.72. The molecular weight excluding hydrogens is 244 g/mol. The van der Waals surface area contributed by atoms with E-state index in [4.69, 9.17) is 5.73 Å². The predicted octanol–water partition coefficient (Wildman–Crippen LogP) is 3.65. The molecule has 1 aliphatic heterocycles. The van der Waals surface area contributed by atoms with Gasteiger partial charge in [-0.2, -0.15) is 0 Å². The summed E-state index contributed by atoms with van der Waals surface area (Å²) in [5.74, 6) is 2.90. The molecule has 0 spiro atoms. The third kappa shape index (κ3) is 2.78. The standard InChI is InChI=1S/C18H34N2/c1-17(2,3)16-8-10-20(12-16)18(13-19)9-4-5-15(11-18)14-6-7-14/h14-16H,4-13,19H2,1-3H3. The molecule has 3 atom stereocenters. The van der Waals surface area contributed by atoms with Gasteiger partial charge in [-0.15, -0.1) is 0 Å². The van der Waals surface area contributed by atoms with Gasteiger partial charge in [-0.05, 0) is 61.8 Å². The lowest BCUT2D eigenvalue weighted by Gasteiger charge is -2.47. The third-order valence-corrected chi connectivity index (χ3v) is 6.61. The van der Waals surface area contributed by atoms with Crippen molar-refractivity contribution in [3.05, 3.63) is 0 Å². The molecule has 3 unspecified atom stereocenters. The molecular formula is C18H34N2. The van der Waals surface area contributed by atoms with Crippen LogP contribution in [0.25, 0.3) is 0 Å². The summed E-state index contributed by atoms with van der Waals surface area (Å²) in [5, 5.41) is 0. The molecule has 0 aromatic heterocycles. The molecule has 3 fully saturated rings. The number of rotatable bonds is 3. The molecule has 1 heterocycles. The second kappa shape index (κ2) is 5.28. The zero-order valence-electron chi connectivity index (χ0n) is 13.8. The minimum atomic E-state index is 0.353. The number of nitrogens with zero attached hydrogens (tertiary/aromatic N) is 1. The lowest BCUT2D eigenvalue weighted by Crippen LogP contribution is -2.56. The van der Waals surface area contributed by atoms with Crippen LogP contribution in [0.5, 0.6) is 0 Å². The molecule has 2 nitrogen and oxygen atoms in total. The topological polar surface area (TPSA) is 29.3 Å². The van der Waals surface area contributed by atoms with E-state index in [1.807, 2.05) is 0 Å². The van der Waals surface area contributed by atoms with Crippen LogP contribution in [0.1, 0.15) is 65.7 Å². The van der Waals surface area contributed by atoms with Crippen LogP contribution >= 0.6 is 0 Å². The van der Waals surface area contributed by atoms with Crippen molar-refractivity contribution in [2.45, 2.75) is 71.3 Å². The molecule has 0 amide bonds. The van der Waals surface area contributed by atoms with Crippen LogP contribution in [-0.4, -0.2) is 30.1 Å². The molecule has 116 valence electrons. The van der Waals surface area contributed by atoms with Gasteiger partial charge >= 0.3 is 0 Å². The normalized spacial score (nSPS) is 40.2. The van der Waals surface area contributed by atoms with Gasteiger partial charge in [0.2, 0.25) is 0 Å². The van der Waals surface area contributed by atoms with E-state index in [2.05, 4.69) is 25.7 Å².